The third-order valence-corrected chi connectivity index (χ3v) is 2.27. The van der Waals surface area contributed by atoms with E-state index in [4.69, 9.17) is 34.3 Å². The zero-order valence-corrected chi connectivity index (χ0v) is 9.27. The zero-order valence-electron chi connectivity index (χ0n) is 7.70. The third kappa shape index (κ3) is 3.62. The van der Waals surface area contributed by atoms with Gasteiger partial charge in [-0.15, -0.1) is 0 Å². The van der Waals surface area contributed by atoms with E-state index >= 15 is 0 Å². The van der Waals surface area contributed by atoms with Crippen LogP contribution in [0.25, 0.3) is 0 Å². The van der Waals surface area contributed by atoms with Gasteiger partial charge in [-0.2, -0.15) is 0 Å². The number of thiocarbonyl (C=S) groups is 1. The molecule has 1 aromatic carbocycles. The topological polar surface area (TPSA) is 35.2 Å². The Morgan fingerprint density at radius 1 is 1.36 bits per heavy atom. The molecule has 4 heteroatoms. The highest BCUT2D eigenvalue weighted by atomic mass is 35.5. The first kappa shape index (κ1) is 11.4. The molecule has 1 aromatic rings. The molecule has 0 saturated carbocycles. The predicted octanol–water partition coefficient (Wildman–Crippen LogP) is 2.38. The van der Waals surface area contributed by atoms with Crippen molar-refractivity contribution in [3.05, 3.63) is 34.9 Å². The van der Waals surface area contributed by atoms with Gasteiger partial charge in [-0.05, 0) is 49.4 Å². The van der Waals surface area contributed by atoms with Gasteiger partial charge in [0.05, 0.1) is 6.61 Å². The Kier molecular flexibility index (Phi) is 4.87. The second-order valence-corrected chi connectivity index (χ2v) is 3.59. The van der Waals surface area contributed by atoms with Crippen LogP contribution in [0.5, 0.6) is 0 Å². The number of hydrogen-bond donors (Lipinski definition) is 1. The van der Waals surface area contributed by atoms with E-state index in [9.17, 15) is 0 Å². The first-order valence-electron chi connectivity index (χ1n) is 4.37. The highest BCUT2D eigenvalue weighted by Crippen LogP contribution is 2.11. The van der Waals surface area contributed by atoms with Gasteiger partial charge in [0.15, 0.2) is 5.05 Å². The first-order valence-corrected chi connectivity index (χ1v) is 5.15. The number of ether oxygens (including phenoxy) is 1. The van der Waals surface area contributed by atoms with Crippen molar-refractivity contribution in [1.29, 1.82) is 0 Å². The van der Waals surface area contributed by atoms with Gasteiger partial charge in [0.25, 0.3) is 0 Å². The maximum Gasteiger partial charge on any atom is 0.191 e. The highest BCUT2D eigenvalue weighted by molar-refractivity contribution is 7.80. The smallest absolute Gasteiger partial charge is 0.191 e. The molecule has 0 aliphatic carbocycles. The van der Waals surface area contributed by atoms with Gasteiger partial charge >= 0.3 is 0 Å². The fourth-order valence-electron chi connectivity index (χ4n) is 0.918. The Balaban J connectivity index is 2.48. The molecule has 0 aliphatic heterocycles. The first-order chi connectivity index (χ1) is 6.74. The lowest BCUT2D eigenvalue weighted by molar-refractivity contribution is 0.310. The number of halogens is 1. The SMILES string of the molecule is NCCCOC(=S)c1ccc(Cl)cc1. The standard InChI is InChI=1S/C10H12ClNOS/c11-9-4-2-8(3-5-9)10(14)13-7-1-6-12/h2-5H,1,6-7,12H2. The van der Waals surface area contributed by atoms with Crippen LogP contribution in [0, 0.1) is 0 Å². The van der Waals surface area contributed by atoms with Crippen molar-refractivity contribution < 1.29 is 4.74 Å². The number of hydrogen-bond acceptors (Lipinski definition) is 3. The van der Waals surface area contributed by atoms with E-state index in [0.717, 1.165) is 12.0 Å². The molecule has 0 amide bonds. The average Bonchev–Trinajstić information content (AvgIpc) is 2.19. The van der Waals surface area contributed by atoms with Gasteiger partial charge in [0.1, 0.15) is 0 Å². The molecule has 0 bridgehead atoms. The summed E-state index contributed by atoms with van der Waals surface area (Å²) < 4.78 is 5.32. The summed E-state index contributed by atoms with van der Waals surface area (Å²) in [5, 5.41) is 1.19. The van der Waals surface area contributed by atoms with E-state index in [1.165, 1.54) is 0 Å². The van der Waals surface area contributed by atoms with Crippen molar-refractivity contribution in [3.63, 3.8) is 0 Å². The molecule has 0 spiro atoms. The monoisotopic (exact) mass is 229 g/mol. The van der Waals surface area contributed by atoms with Gasteiger partial charge in [0, 0.05) is 10.6 Å². The second-order valence-electron chi connectivity index (χ2n) is 2.79. The minimum Gasteiger partial charge on any atom is -0.483 e. The molecule has 0 aliphatic rings. The fraction of sp³-hybridized carbons (Fsp3) is 0.300. The largest absolute Gasteiger partial charge is 0.483 e. The van der Waals surface area contributed by atoms with Crippen LogP contribution in [-0.2, 0) is 4.74 Å². The van der Waals surface area contributed by atoms with Crippen molar-refractivity contribution in [3.8, 4) is 0 Å². The number of rotatable bonds is 4. The van der Waals surface area contributed by atoms with Crippen LogP contribution in [0.3, 0.4) is 0 Å². The van der Waals surface area contributed by atoms with Gasteiger partial charge in [-0.1, -0.05) is 11.6 Å². The molecule has 0 radical (unpaired) electrons. The van der Waals surface area contributed by atoms with Crippen molar-refractivity contribution in [2.24, 2.45) is 5.73 Å². The molecule has 0 unspecified atom stereocenters. The van der Waals surface area contributed by atoms with E-state index in [1.807, 2.05) is 12.1 Å². The summed E-state index contributed by atoms with van der Waals surface area (Å²) in [6, 6.07) is 7.26. The lowest BCUT2D eigenvalue weighted by Crippen LogP contribution is -2.09. The van der Waals surface area contributed by atoms with Gasteiger partial charge < -0.3 is 10.5 Å². The second kappa shape index (κ2) is 5.96. The summed E-state index contributed by atoms with van der Waals surface area (Å²) in [6.45, 7) is 1.18. The molecule has 0 aromatic heterocycles. The summed E-state index contributed by atoms with van der Waals surface area (Å²) in [6.07, 6.45) is 0.813. The van der Waals surface area contributed by atoms with Gasteiger partial charge in [0.2, 0.25) is 0 Å². The minimum atomic E-state index is 0.495. The van der Waals surface area contributed by atoms with Crippen LogP contribution < -0.4 is 5.73 Å². The summed E-state index contributed by atoms with van der Waals surface area (Å²) >= 11 is 10.8. The van der Waals surface area contributed by atoms with E-state index in [-0.39, 0.29) is 0 Å². The lowest BCUT2D eigenvalue weighted by Gasteiger charge is -2.06. The number of nitrogens with two attached hydrogens (primary N) is 1. The highest BCUT2D eigenvalue weighted by Gasteiger charge is 2.01. The number of benzene rings is 1. The van der Waals surface area contributed by atoms with E-state index in [0.29, 0.717) is 23.2 Å². The Morgan fingerprint density at radius 2 is 2.00 bits per heavy atom. The van der Waals surface area contributed by atoms with E-state index in [1.54, 1.807) is 12.1 Å². The summed E-state index contributed by atoms with van der Waals surface area (Å²) in [4.78, 5) is 0. The predicted molar refractivity (Wildman–Crippen MR) is 62.8 cm³/mol. The molecule has 0 atom stereocenters. The molecule has 0 saturated heterocycles. The quantitative estimate of drug-likeness (QED) is 0.636. The molecule has 2 N–H and O–H groups in total. The van der Waals surface area contributed by atoms with Crippen LogP contribution in [0.4, 0.5) is 0 Å². The Labute approximate surface area is 94.0 Å². The van der Waals surface area contributed by atoms with Crippen molar-refractivity contribution in [2.75, 3.05) is 13.2 Å². The molecule has 0 fully saturated rings. The maximum absolute atomic E-state index is 5.74. The fourth-order valence-corrected chi connectivity index (χ4v) is 1.26. The molecule has 76 valence electrons. The van der Waals surface area contributed by atoms with Crippen molar-refractivity contribution >= 4 is 28.9 Å². The summed E-state index contributed by atoms with van der Waals surface area (Å²) in [5.74, 6) is 0. The zero-order chi connectivity index (χ0) is 10.4. The normalized spacial score (nSPS) is 9.86. The van der Waals surface area contributed by atoms with Crippen LogP contribution >= 0.6 is 23.8 Å². The molecule has 2 nitrogen and oxygen atoms in total. The summed E-state index contributed by atoms with van der Waals surface area (Å²) in [7, 11) is 0. The van der Waals surface area contributed by atoms with Gasteiger partial charge in [-0.3, -0.25) is 0 Å². The van der Waals surface area contributed by atoms with E-state index in [2.05, 4.69) is 0 Å². The average molecular weight is 230 g/mol. The Bertz CT molecular complexity index is 299. The van der Waals surface area contributed by atoms with Crippen LogP contribution in [0.2, 0.25) is 5.02 Å². The van der Waals surface area contributed by atoms with Crippen LogP contribution in [0.1, 0.15) is 12.0 Å². The summed E-state index contributed by atoms with van der Waals surface area (Å²) in [5.41, 5.74) is 6.21. The molecule has 1 rings (SSSR count). The van der Waals surface area contributed by atoms with Crippen LogP contribution in [0.15, 0.2) is 24.3 Å². The van der Waals surface area contributed by atoms with Crippen molar-refractivity contribution in [2.45, 2.75) is 6.42 Å². The van der Waals surface area contributed by atoms with Crippen molar-refractivity contribution in [1.82, 2.24) is 0 Å². The van der Waals surface area contributed by atoms with Gasteiger partial charge in [-0.25, -0.2) is 0 Å². The minimum absolute atomic E-state index is 0.495. The molecule has 0 heterocycles. The molecule has 14 heavy (non-hydrogen) atoms. The third-order valence-electron chi connectivity index (χ3n) is 1.66. The maximum atomic E-state index is 5.74. The Morgan fingerprint density at radius 3 is 2.57 bits per heavy atom. The van der Waals surface area contributed by atoms with E-state index < -0.39 is 0 Å². The molecular formula is C10H12ClNOS. The van der Waals surface area contributed by atoms with Crippen LogP contribution in [-0.4, -0.2) is 18.2 Å². The molecular weight excluding hydrogens is 218 g/mol. The Hall–Kier alpha value is -0.640. The lowest BCUT2D eigenvalue weighted by atomic mass is 10.2.